The van der Waals surface area contributed by atoms with Gasteiger partial charge in [-0.15, -0.1) is 11.3 Å². The summed E-state index contributed by atoms with van der Waals surface area (Å²) in [5.41, 5.74) is 8.44. The van der Waals surface area contributed by atoms with Crippen molar-refractivity contribution < 1.29 is 4.79 Å². The average Bonchev–Trinajstić information content (AvgIpc) is 3.76. The number of hydrogen-bond donors (Lipinski definition) is 3. The van der Waals surface area contributed by atoms with Crippen molar-refractivity contribution in [3.63, 3.8) is 0 Å². The molecule has 7 aromatic rings. The van der Waals surface area contributed by atoms with Crippen LogP contribution in [0.1, 0.15) is 27.7 Å². The molecule has 200 valence electrons. The van der Waals surface area contributed by atoms with Gasteiger partial charge in [0.05, 0.1) is 20.8 Å². The molecule has 0 saturated heterocycles. The largest absolute Gasteiger partial charge is 0.336 e. The summed E-state index contributed by atoms with van der Waals surface area (Å²) in [5, 5.41) is 12.2. The maximum atomic E-state index is 11.8. The molecule has 5 heterocycles. The SMILES string of the molecule is CC(=O)c1ccc(-c2nccc3[nH]c(-c4n[nH]c5ccc(-c6cncc(CNCc7ccccc7)c6)cc45)nc23)s1. The predicted octanol–water partition coefficient (Wildman–Crippen LogP) is 6.78. The van der Waals surface area contributed by atoms with Gasteiger partial charge in [0.15, 0.2) is 11.6 Å². The summed E-state index contributed by atoms with van der Waals surface area (Å²) in [4.78, 5) is 30.9. The number of nitrogens with one attached hydrogen (secondary N) is 3. The van der Waals surface area contributed by atoms with E-state index in [4.69, 9.17) is 4.98 Å². The number of benzene rings is 2. The average molecular weight is 556 g/mol. The molecule has 0 aliphatic carbocycles. The highest BCUT2D eigenvalue weighted by atomic mass is 32.1. The quantitative estimate of drug-likeness (QED) is 0.178. The first-order chi connectivity index (χ1) is 20.1. The first kappa shape index (κ1) is 25.0. The number of thiophene rings is 1. The second kappa shape index (κ2) is 10.5. The van der Waals surface area contributed by atoms with E-state index in [2.05, 4.69) is 72.9 Å². The lowest BCUT2D eigenvalue weighted by molar-refractivity contribution is 0.102. The van der Waals surface area contributed by atoms with Crippen molar-refractivity contribution in [2.75, 3.05) is 0 Å². The van der Waals surface area contributed by atoms with Crippen LogP contribution in [0.3, 0.4) is 0 Å². The van der Waals surface area contributed by atoms with Crippen molar-refractivity contribution in [1.82, 2.24) is 35.5 Å². The molecule has 7 rings (SSSR count). The van der Waals surface area contributed by atoms with Gasteiger partial charge in [0.2, 0.25) is 0 Å². The number of H-pyrrole nitrogens is 2. The van der Waals surface area contributed by atoms with Crippen molar-refractivity contribution >= 4 is 39.1 Å². The van der Waals surface area contributed by atoms with Gasteiger partial charge in [-0.1, -0.05) is 36.4 Å². The fraction of sp³-hybridized carbons (Fsp3) is 0.0938. The maximum Gasteiger partial charge on any atom is 0.169 e. The smallest absolute Gasteiger partial charge is 0.169 e. The van der Waals surface area contributed by atoms with Gasteiger partial charge in [0.25, 0.3) is 0 Å². The van der Waals surface area contributed by atoms with Crippen LogP contribution < -0.4 is 5.32 Å². The molecule has 0 aliphatic rings. The minimum Gasteiger partial charge on any atom is -0.336 e. The van der Waals surface area contributed by atoms with E-state index in [-0.39, 0.29) is 5.78 Å². The molecule has 0 atom stereocenters. The zero-order valence-corrected chi connectivity index (χ0v) is 23.0. The van der Waals surface area contributed by atoms with E-state index < -0.39 is 0 Å². The number of pyridine rings is 2. The minimum absolute atomic E-state index is 0.0409. The molecule has 0 radical (unpaired) electrons. The Hall–Kier alpha value is -4.99. The summed E-state index contributed by atoms with van der Waals surface area (Å²) in [7, 11) is 0. The van der Waals surface area contributed by atoms with Gasteiger partial charge in [0, 0.05) is 42.6 Å². The molecule has 2 aromatic carbocycles. The van der Waals surface area contributed by atoms with Gasteiger partial charge in [-0.05, 0) is 60.0 Å². The van der Waals surface area contributed by atoms with Crippen LogP contribution in [0, 0.1) is 0 Å². The summed E-state index contributed by atoms with van der Waals surface area (Å²) in [5.74, 6) is 0.692. The Kier molecular flexibility index (Phi) is 6.42. The highest BCUT2D eigenvalue weighted by Crippen LogP contribution is 2.34. The summed E-state index contributed by atoms with van der Waals surface area (Å²) >= 11 is 1.42. The van der Waals surface area contributed by atoms with Crippen LogP contribution in [0.4, 0.5) is 0 Å². The fourth-order valence-electron chi connectivity index (χ4n) is 4.95. The van der Waals surface area contributed by atoms with E-state index in [0.717, 1.165) is 68.0 Å². The second-order valence-corrected chi connectivity index (χ2v) is 10.9. The van der Waals surface area contributed by atoms with Gasteiger partial charge >= 0.3 is 0 Å². The number of Topliss-reactive ketones (excluding diaryl/α,β-unsaturated/α-hetero) is 1. The molecule has 3 N–H and O–H groups in total. The first-order valence-corrected chi connectivity index (χ1v) is 14.1. The molecule has 8 nitrogen and oxygen atoms in total. The van der Waals surface area contributed by atoms with Crippen LogP contribution in [0.15, 0.2) is 91.4 Å². The van der Waals surface area contributed by atoms with E-state index in [0.29, 0.717) is 10.7 Å². The number of rotatable bonds is 8. The van der Waals surface area contributed by atoms with E-state index in [9.17, 15) is 4.79 Å². The normalized spacial score (nSPS) is 11.4. The third-order valence-electron chi connectivity index (χ3n) is 7.00. The second-order valence-electron chi connectivity index (χ2n) is 9.86. The van der Waals surface area contributed by atoms with Crippen molar-refractivity contribution in [2.24, 2.45) is 0 Å². The Labute approximate surface area is 239 Å². The third-order valence-corrected chi connectivity index (χ3v) is 8.20. The number of aromatic nitrogens is 6. The first-order valence-electron chi connectivity index (χ1n) is 13.3. The van der Waals surface area contributed by atoms with Crippen LogP contribution in [-0.2, 0) is 13.1 Å². The molecular weight excluding hydrogens is 530 g/mol. The van der Waals surface area contributed by atoms with Crippen molar-refractivity contribution in [3.8, 4) is 33.2 Å². The Morgan fingerprint density at radius 3 is 2.61 bits per heavy atom. The van der Waals surface area contributed by atoms with Gasteiger partial charge in [0.1, 0.15) is 16.9 Å². The number of fused-ring (bicyclic) bond motifs is 2. The number of aromatic amines is 2. The highest BCUT2D eigenvalue weighted by Gasteiger charge is 2.18. The lowest BCUT2D eigenvalue weighted by Crippen LogP contribution is -2.12. The number of nitrogens with zero attached hydrogens (tertiary/aromatic N) is 4. The number of ketones is 1. The van der Waals surface area contributed by atoms with Crippen molar-refractivity contribution in [2.45, 2.75) is 20.0 Å². The van der Waals surface area contributed by atoms with Crippen LogP contribution in [0.5, 0.6) is 0 Å². The van der Waals surface area contributed by atoms with E-state index in [1.165, 1.54) is 16.9 Å². The molecule has 9 heteroatoms. The Balaban J connectivity index is 1.19. The molecule has 0 spiro atoms. The lowest BCUT2D eigenvalue weighted by Gasteiger charge is -2.07. The summed E-state index contributed by atoms with van der Waals surface area (Å²) in [6.45, 7) is 3.10. The van der Waals surface area contributed by atoms with Crippen LogP contribution in [0.25, 0.3) is 55.2 Å². The Bertz CT molecular complexity index is 2020. The fourth-order valence-corrected chi connectivity index (χ4v) is 5.84. The molecule has 0 bridgehead atoms. The summed E-state index contributed by atoms with van der Waals surface area (Å²) in [6.07, 6.45) is 5.54. The van der Waals surface area contributed by atoms with Crippen LogP contribution >= 0.6 is 11.3 Å². The monoisotopic (exact) mass is 555 g/mol. The zero-order valence-electron chi connectivity index (χ0n) is 22.2. The van der Waals surface area contributed by atoms with Gasteiger partial charge in [-0.2, -0.15) is 5.10 Å². The molecule has 41 heavy (non-hydrogen) atoms. The standard InChI is InChI=1S/C32H25N7OS/c1-19(40)27-9-10-28(41-27)31-30-26(11-12-35-31)36-32(37-30)29-24-14-22(7-8-25(24)38-39-29)23-13-21(17-34-18-23)16-33-15-20-5-3-2-4-6-20/h2-14,17-18,33H,15-16H2,1H3,(H,36,37)(H,38,39). The molecule has 0 aliphatic heterocycles. The summed E-state index contributed by atoms with van der Waals surface area (Å²) in [6, 6.07) is 24.4. The predicted molar refractivity (Wildman–Crippen MR) is 163 cm³/mol. The number of carbonyl (C=O) groups is 1. The molecule has 0 saturated carbocycles. The Morgan fingerprint density at radius 2 is 1.76 bits per heavy atom. The lowest BCUT2D eigenvalue weighted by atomic mass is 10.0. The Morgan fingerprint density at radius 1 is 0.878 bits per heavy atom. The number of hydrogen-bond acceptors (Lipinski definition) is 7. The third kappa shape index (κ3) is 4.93. The molecular formula is C32H25N7OS. The number of imidazole rings is 1. The van der Waals surface area contributed by atoms with Crippen molar-refractivity contribution in [3.05, 3.63) is 107 Å². The molecule has 0 unspecified atom stereocenters. The zero-order chi connectivity index (χ0) is 27.8. The van der Waals surface area contributed by atoms with E-state index in [1.807, 2.05) is 42.7 Å². The van der Waals surface area contributed by atoms with Crippen LogP contribution in [-0.4, -0.2) is 35.9 Å². The van der Waals surface area contributed by atoms with E-state index in [1.54, 1.807) is 13.1 Å². The van der Waals surface area contributed by atoms with E-state index >= 15 is 0 Å². The van der Waals surface area contributed by atoms with Gasteiger partial charge < -0.3 is 10.3 Å². The van der Waals surface area contributed by atoms with Gasteiger partial charge in [-0.3, -0.25) is 19.9 Å². The maximum absolute atomic E-state index is 11.8. The molecule has 0 fully saturated rings. The van der Waals surface area contributed by atoms with Crippen molar-refractivity contribution in [1.29, 1.82) is 0 Å². The molecule has 5 aromatic heterocycles. The van der Waals surface area contributed by atoms with Gasteiger partial charge in [-0.25, -0.2) is 4.98 Å². The highest BCUT2D eigenvalue weighted by molar-refractivity contribution is 7.17. The van der Waals surface area contributed by atoms with Crippen LogP contribution in [0.2, 0.25) is 0 Å². The molecule has 0 amide bonds. The minimum atomic E-state index is 0.0409. The number of carbonyl (C=O) groups excluding carboxylic acids is 1. The summed E-state index contributed by atoms with van der Waals surface area (Å²) < 4.78 is 0. The topological polar surface area (TPSA) is 112 Å².